The molecule has 1 aromatic carbocycles. The van der Waals surface area contributed by atoms with Gasteiger partial charge in [0.1, 0.15) is 12.2 Å². The van der Waals surface area contributed by atoms with Crippen molar-refractivity contribution in [2.75, 3.05) is 6.61 Å². The van der Waals surface area contributed by atoms with Crippen molar-refractivity contribution < 1.29 is 20.1 Å². The summed E-state index contributed by atoms with van der Waals surface area (Å²) in [6.45, 7) is 1.79. The lowest BCUT2D eigenvalue weighted by atomic mass is 9.99. The lowest BCUT2D eigenvalue weighted by Crippen LogP contribution is -2.48. The predicted molar refractivity (Wildman–Crippen MR) is 108 cm³/mol. The van der Waals surface area contributed by atoms with Crippen molar-refractivity contribution in [3.8, 4) is 0 Å². The molecule has 1 aromatic rings. The van der Waals surface area contributed by atoms with Crippen LogP contribution in [0.4, 0.5) is 0 Å². The summed E-state index contributed by atoms with van der Waals surface area (Å²) in [7, 11) is 0. The molecule has 27 heavy (non-hydrogen) atoms. The molecule has 0 saturated heterocycles. The van der Waals surface area contributed by atoms with E-state index in [2.05, 4.69) is 12.2 Å². The van der Waals surface area contributed by atoms with E-state index in [1.807, 2.05) is 6.07 Å². The second-order valence-electron chi connectivity index (χ2n) is 7.28. The maximum atomic E-state index is 12.1. The van der Waals surface area contributed by atoms with Crippen molar-refractivity contribution in [3.63, 3.8) is 0 Å². The zero-order valence-corrected chi connectivity index (χ0v) is 16.6. The summed E-state index contributed by atoms with van der Waals surface area (Å²) in [5.41, 5.74) is 0.552. The third-order valence-electron chi connectivity index (χ3n) is 4.93. The van der Waals surface area contributed by atoms with Gasteiger partial charge in [-0.1, -0.05) is 88.6 Å². The molecule has 0 fully saturated rings. The minimum Gasteiger partial charge on any atom is -0.394 e. The topological polar surface area (TPSA) is 89.8 Å². The first-order valence-corrected chi connectivity index (χ1v) is 10.4. The summed E-state index contributed by atoms with van der Waals surface area (Å²) in [6.07, 6.45) is 8.59. The highest BCUT2D eigenvalue weighted by Crippen LogP contribution is 2.19. The minimum atomic E-state index is -1.26. The number of carbonyl (C=O) groups is 1. The van der Waals surface area contributed by atoms with Crippen LogP contribution in [0, 0.1) is 0 Å². The van der Waals surface area contributed by atoms with Gasteiger partial charge in [0.25, 0.3) is 0 Å². The number of rotatable bonds is 15. The minimum absolute atomic E-state index is 0.198. The third-order valence-corrected chi connectivity index (χ3v) is 4.93. The molecule has 1 amide bonds. The summed E-state index contributed by atoms with van der Waals surface area (Å²) in [4.78, 5) is 12.1. The van der Waals surface area contributed by atoms with E-state index in [4.69, 9.17) is 0 Å². The highest BCUT2D eigenvalue weighted by atomic mass is 16.3. The number of aliphatic hydroxyl groups is 3. The first-order chi connectivity index (χ1) is 13.1. The molecule has 0 radical (unpaired) electrons. The van der Waals surface area contributed by atoms with Crippen molar-refractivity contribution in [3.05, 3.63) is 35.9 Å². The molecule has 0 aliphatic rings. The average molecular weight is 380 g/mol. The van der Waals surface area contributed by atoms with Gasteiger partial charge in [-0.15, -0.1) is 0 Å². The second kappa shape index (κ2) is 14.6. The van der Waals surface area contributed by atoms with Gasteiger partial charge >= 0.3 is 0 Å². The lowest BCUT2D eigenvalue weighted by molar-refractivity contribution is -0.124. The summed E-state index contributed by atoms with van der Waals surface area (Å²) in [5, 5.41) is 32.7. The van der Waals surface area contributed by atoms with Gasteiger partial charge in [-0.2, -0.15) is 0 Å². The molecule has 4 N–H and O–H groups in total. The van der Waals surface area contributed by atoms with Gasteiger partial charge in [0.15, 0.2) is 0 Å². The van der Waals surface area contributed by atoms with E-state index in [9.17, 15) is 20.1 Å². The van der Waals surface area contributed by atoms with Crippen molar-refractivity contribution >= 4 is 5.91 Å². The van der Waals surface area contributed by atoms with E-state index in [-0.39, 0.29) is 5.91 Å². The fraction of sp³-hybridized carbons (Fsp3) is 0.682. The van der Waals surface area contributed by atoms with Crippen LogP contribution in [0.5, 0.6) is 0 Å². The number of benzene rings is 1. The Hall–Kier alpha value is -1.43. The molecule has 154 valence electrons. The normalized spacial score (nSPS) is 14.5. The molecular formula is C22H37NO4. The van der Waals surface area contributed by atoms with E-state index in [1.54, 1.807) is 24.3 Å². The Morgan fingerprint density at radius 3 is 2.04 bits per heavy atom. The number of hydrogen-bond donors (Lipinski definition) is 4. The Kier molecular flexibility index (Phi) is 12.8. The van der Waals surface area contributed by atoms with Crippen molar-refractivity contribution in [1.29, 1.82) is 0 Å². The molecule has 5 heteroatoms. The molecule has 1 rings (SSSR count). The third kappa shape index (κ3) is 9.89. The maximum Gasteiger partial charge on any atom is 0.220 e. The first-order valence-electron chi connectivity index (χ1n) is 10.4. The van der Waals surface area contributed by atoms with Crippen LogP contribution in [-0.2, 0) is 4.79 Å². The van der Waals surface area contributed by atoms with E-state index < -0.39 is 24.9 Å². The van der Waals surface area contributed by atoms with Crippen molar-refractivity contribution in [2.24, 2.45) is 0 Å². The molecule has 5 nitrogen and oxygen atoms in total. The highest BCUT2D eigenvalue weighted by Gasteiger charge is 2.28. The summed E-state index contributed by atoms with van der Waals surface area (Å²) in [5.74, 6) is -0.198. The largest absolute Gasteiger partial charge is 0.394 e. The molecular weight excluding hydrogens is 342 g/mol. The smallest absolute Gasteiger partial charge is 0.220 e. The Morgan fingerprint density at radius 2 is 1.48 bits per heavy atom. The van der Waals surface area contributed by atoms with Gasteiger partial charge in [0, 0.05) is 6.42 Å². The van der Waals surface area contributed by atoms with Crippen LogP contribution in [0.2, 0.25) is 0 Å². The Labute approximate surface area is 163 Å². The second-order valence-corrected chi connectivity index (χ2v) is 7.28. The average Bonchev–Trinajstić information content (AvgIpc) is 2.70. The summed E-state index contributed by atoms with van der Waals surface area (Å²) >= 11 is 0. The van der Waals surface area contributed by atoms with E-state index in [1.165, 1.54) is 38.5 Å². The van der Waals surface area contributed by atoms with E-state index in [0.29, 0.717) is 12.0 Å². The molecule has 0 saturated carbocycles. The molecule has 0 spiro atoms. The molecule has 3 atom stereocenters. The number of nitrogens with one attached hydrogen (secondary N) is 1. The molecule has 0 bridgehead atoms. The van der Waals surface area contributed by atoms with Crippen LogP contribution in [0.1, 0.15) is 82.8 Å². The number of aliphatic hydroxyl groups excluding tert-OH is 3. The van der Waals surface area contributed by atoms with Gasteiger partial charge in [-0.05, 0) is 12.0 Å². The van der Waals surface area contributed by atoms with Crippen LogP contribution >= 0.6 is 0 Å². The fourth-order valence-corrected chi connectivity index (χ4v) is 3.18. The van der Waals surface area contributed by atoms with Gasteiger partial charge in [-0.3, -0.25) is 4.79 Å². The van der Waals surface area contributed by atoms with Gasteiger partial charge in [-0.25, -0.2) is 0 Å². The number of hydrogen-bond acceptors (Lipinski definition) is 4. The van der Waals surface area contributed by atoms with Crippen LogP contribution in [0.25, 0.3) is 0 Å². The molecule has 0 aliphatic heterocycles. The molecule has 0 aromatic heterocycles. The number of carbonyl (C=O) groups excluding carboxylic acids is 1. The Balaban J connectivity index is 2.23. The van der Waals surface area contributed by atoms with Gasteiger partial charge in [0.2, 0.25) is 5.91 Å². The lowest BCUT2D eigenvalue weighted by Gasteiger charge is -2.26. The van der Waals surface area contributed by atoms with E-state index in [0.717, 1.165) is 19.3 Å². The maximum absolute atomic E-state index is 12.1. The summed E-state index contributed by atoms with van der Waals surface area (Å²) in [6, 6.07) is 7.87. The molecule has 0 aliphatic carbocycles. The number of amides is 1. The standard InChI is InChI=1S/C22H37NO4/c1-2-3-4-5-6-7-8-9-13-16-20(25)23-19(17-24)22(27)21(26)18-14-11-10-12-15-18/h10-12,14-15,19,21-22,24,26-27H,2-9,13,16-17H2,1H3,(H,23,25)/t19-,21-,22+/m0/s1. The van der Waals surface area contributed by atoms with Gasteiger partial charge in [0.05, 0.1) is 12.6 Å². The monoisotopic (exact) mass is 379 g/mol. The SMILES string of the molecule is CCCCCCCCCCCC(=O)N[C@@H](CO)[C@@H](O)[C@@H](O)c1ccccc1. The van der Waals surface area contributed by atoms with Crippen LogP contribution in [-0.4, -0.2) is 40.0 Å². The zero-order valence-electron chi connectivity index (χ0n) is 16.6. The van der Waals surface area contributed by atoms with Gasteiger partial charge < -0.3 is 20.6 Å². The van der Waals surface area contributed by atoms with Crippen LogP contribution < -0.4 is 5.32 Å². The zero-order chi connectivity index (χ0) is 19.9. The summed E-state index contributed by atoms with van der Waals surface area (Å²) < 4.78 is 0. The molecule has 0 heterocycles. The fourth-order valence-electron chi connectivity index (χ4n) is 3.18. The highest BCUT2D eigenvalue weighted by molar-refractivity contribution is 5.76. The predicted octanol–water partition coefficient (Wildman–Crippen LogP) is 3.48. The Morgan fingerprint density at radius 1 is 0.926 bits per heavy atom. The first kappa shape index (κ1) is 23.6. The Bertz CT molecular complexity index is 494. The quantitative estimate of drug-likeness (QED) is 0.351. The molecule has 0 unspecified atom stereocenters. The van der Waals surface area contributed by atoms with Crippen LogP contribution in [0.3, 0.4) is 0 Å². The number of unbranched alkanes of at least 4 members (excludes halogenated alkanes) is 8. The van der Waals surface area contributed by atoms with E-state index >= 15 is 0 Å². The van der Waals surface area contributed by atoms with Crippen molar-refractivity contribution in [1.82, 2.24) is 5.32 Å². The van der Waals surface area contributed by atoms with Crippen LogP contribution in [0.15, 0.2) is 30.3 Å². The van der Waals surface area contributed by atoms with Crippen molar-refractivity contribution in [2.45, 2.75) is 89.4 Å².